The monoisotopic (exact) mass is 239 g/mol. The maximum Gasteiger partial charge on any atom is 0.303 e. The summed E-state index contributed by atoms with van der Waals surface area (Å²) in [6.45, 7) is 0.737. The molecule has 0 fully saturated rings. The number of carboxylic acid groups (broad SMARTS) is 1. The summed E-state index contributed by atoms with van der Waals surface area (Å²) in [5.41, 5.74) is 0.589. The van der Waals surface area contributed by atoms with Gasteiger partial charge in [0.1, 0.15) is 5.82 Å². The van der Waals surface area contributed by atoms with E-state index in [4.69, 9.17) is 5.11 Å². The molecule has 3 nitrogen and oxygen atoms in total. The van der Waals surface area contributed by atoms with E-state index in [0.29, 0.717) is 12.1 Å². The van der Waals surface area contributed by atoms with Gasteiger partial charge in [-0.2, -0.15) is 0 Å². The van der Waals surface area contributed by atoms with Crippen molar-refractivity contribution >= 4 is 11.7 Å². The molecule has 1 rings (SSSR count). The van der Waals surface area contributed by atoms with E-state index in [2.05, 4.69) is 0 Å². The zero-order valence-electron chi connectivity index (χ0n) is 10.0. The van der Waals surface area contributed by atoms with E-state index in [-0.39, 0.29) is 12.2 Å². The van der Waals surface area contributed by atoms with Gasteiger partial charge in [0.05, 0.1) is 5.69 Å². The van der Waals surface area contributed by atoms with E-state index in [1.807, 2.05) is 11.9 Å². The van der Waals surface area contributed by atoms with Crippen LogP contribution in [0.2, 0.25) is 0 Å². The molecule has 0 aromatic heterocycles. The van der Waals surface area contributed by atoms with Crippen LogP contribution in [0.4, 0.5) is 10.1 Å². The Bertz CT molecular complexity index is 368. The van der Waals surface area contributed by atoms with Crippen LogP contribution in [0.1, 0.15) is 25.7 Å². The van der Waals surface area contributed by atoms with E-state index in [0.717, 1.165) is 19.4 Å². The van der Waals surface area contributed by atoms with E-state index >= 15 is 0 Å². The number of para-hydroxylation sites is 1. The molecule has 0 bridgehead atoms. The van der Waals surface area contributed by atoms with Crippen molar-refractivity contribution in [1.29, 1.82) is 0 Å². The largest absolute Gasteiger partial charge is 0.481 e. The number of unbranched alkanes of at least 4 members (excludes halogenated alkanes) is 2. The highest BCUT2D eigenvalue weighted by molar-refractivity contribution is 5.66. The molecule has 1 aromatic carbocycles. The molecule has 94 valence electrons. The Labute approximate surface area is 101 Å². The van der Waals surface area contributed by atoms with Crippen molar-refractivity contribution in [3.05, 3.63) is 30.1 Å². The predicted molar refractivity (Wildman–Crippen MR) is 65.8 cm³/mol. The van der Waals surface area contributed by atoms with E-state index in [9.17, 15) is 9.18 Å². The van der Waals surface area contributed by atoms with Gasteiger partial charge in [0.25, 0.3) is 0 Å². The summed E-state index contributed by atoms with van der Waals surface area (Å²) in [5.74, 6) is -0.979. The van der Waals surface area contributed by atoms with Gasteiger partial charge in [0.15, 0.2) is 0 Å². The average molecular weight is 239 g/mol. The van der Waals surface area contributed by atoms with E-state index < -0.39 is 5.97 Å². The zero-order chi connectivity index (χ0) is 12.7. The number of nitrogens with zero attached hydrogens (tertiary/aromatic N) is 1. The Morgan fingerprint density at radius 2 is 2.00 bits per heavy atom. The highest BCUT2D eigenvalue weighted by Crippen LogP contribution is 2.17. The Morgan fingerprint density at radius 3 is 2.65 bits per heavy atom. The van der Waals surface area contributed by atoms with Gasteiger partial charge in [0.2, 0.25) is 0 Å². The predicted octanol–water partition coefficient (Wildman–Crippen LogP) is 2.91. The van der Waals surface area contributed by atoms with Gasteiger partial charge < -0.3 is 10.0 Å². The number of rotatable bonds is 7. The van der Waals surface area contributed by atoms with Gasteiger partial charge >= 0.3 is 5.97 Å². The molecule has 0 amide bonds. The quantitative estimate of drug-likeness (QED) is 0.744. The fraction of sp³-hybridized carbons (Fsp3) is 0.462. The van der Waals surface area contributed by atoms with Gasteiger partial charge in [0, 0.05) is 20.0 Å². The summed E-state index contributed by atoms with van der Waals surface area (Å²) < 4.78 is 13.4. The number of carbonyl (C=O) groups is 1. The molecule has 0 radical (unpaired) electrons. The van der Waals surface area contributed by atoms with Crippen LogP contribution in [0.15, 0.2) is 24.3 Å². The minimum absolute atomic E-state index is 0.212. The van der Waals surface area contributed by atoms with Crippen LogP contribution in [0.3, 0.4) is 0 Å². The van der Waals surface area contributed by atoms with Crippen LogP contribution >= 0.6 is 0 Å². The number of anilines is 1. The fourth-order valence-electron chi connectivity index (χ4n) is 1.68. The van der Waals surface area contributed by atoms with Gasteiger partial charge in [-0.3, -0.25) is 4.79 Å². The standard InChI is InChI=1S/C13H18FNO2/c1-15(10-6-2-3-9-13(16)17)12-8-5-4-7-11(12)14/h4-5,7-8H,2-3,6,9-10H2,1H3,(H,16,17). The smallest absolute Gasteiger partial charge is 0.303 e. The molecule has 0 heterocycles. The zero-order valence-corrected chi connectivity index (χ0v) is 10.0. The SMILES string of the molecule is CN(CCCCCC(=O)O)c1ccccc1F. The second-order valence-corrected chi connectivity index (χ2v) is 4.08. The number of carboxylic acids is 1. The first-order valence-corrected chi connectivity index (χ1v) is 5.78. The average Bonchev–Trinajstić information content (AvgIpc) is 2.28. The van der Waals surface area contributed by atoms with Gasteiger partial charge in [-0.15, -0.1) is 0 Å². The summed E-state index contributed by atoms with van der Waals surface area (Å²) in [5, 5.41) is 8.48. The summed E-state index contributed by atoms with van der Waals surface area (Å²) in [6, 6.07) is 6.65. The lowest BCUT2D eigenvalue weighted by Crippen LogP contribution is -2.19. The van der Waals surface area contributed by atoms with E-state index in [1.54, 1.807) is 18.2 Å². The van der Waals surface area contributed by atoms with Crippen LogP contribution in [-0.4, -0.2) is 24.7 Å². The lowest BCUT2D eigenvalue weighted by molar-refractivity contribution is -0.137. The first-order valence-electron chi connectivity index (χ1n) is 5.78. The molecule has 0 saturated carbocycles. The van der Waals surface area contributed by atoms with Crippen molar-refractivity contribution in [2.24, 2.45) is 0 Å². The third-order valence-electron chi connectivity index (χ3n) is 2.65. The Morgan fingerprint density at radius 1 is 1.29 bits per heavy atom. The number of halogens is 1. The van der Waals surface area contributed by atoms with Gasteiger partial charge in [-0.05, 0) is 25.0 Å². The van der Waals surface area contributed by atoms with Crippen molar-refractivity contribution in [3.8, 4) is 0 Å². The number of benzene rings is 1. The second kappa shape index (κ2) is 6.89. The topological polar surface area (TPSA) is 40.5 Å². The van der Waals surface area contributed by atoms with Gasteiger partial charge in [-0.1, -0.05) is 18.6 Å². The highest BCUT2D eigenvalue weighted by Gasteiger charge is 2.05. The van der Waals surface area contributed by atoms with Crippen molar-refractivity contribution in [3.63, 3.8) is 0 Å². The van der Waals surface area contributed by atoms with Crippen molar-refractivity contribution in [2.45, 2.75) is 25.7 Å². The third-order valence-corrected chi connectivity index (χ3v) is 2.65. The number of hydrogen-bond acceptors (Lipinski definition) is 2. The fourth-order valence-corrected chi connectivity index (χ4v) is 1.68. The van der Waals surface area contributed by atoms with Crippen LogP contribution in [0.5, 0.6) is 0 Å². The molecule has 0 aliphatic heterocycles. The Hall–Kier alpha value is -1.58. The molecular formula is C13H18FNO2. The van der Waals surface area contributed by atoms with Crippen LogP contribution in [0, 0.1) is 5.82 Å². The maximum atomic E-state index is 13.4. The number of hydrogen-bond donors (Lipinski definition) is 1. The van der Waals surface area contributed by atoms with Crippen molar-refractivity contribution in [1.82, 2.24) is 0 Å². The molecule has 0 aliphatic carbocycles. The molecule has 0 spiro atoms. The van der Waals surface area contributed by atoms with Crippen molar-refractivity contribution < 1.29 is 14.3 Å². The summed E-state index contributed by atoms with van der Waals surface area (Å²) >= 11 is 0. The summed E-state index contributed by atoms with van der Waals surface area (Å²) in [4.78, 5) is 12.2. The Balaban J connectivity index is 2.28. The first kappa shape index (κ1) is 13.5. The molecule has 0 unspecified atom stereocenters. The normalized spacial score (nSPS) is 10.2. The molecule has 4 heteroatoms. The van der Waals surface area contributed by atoms with Gasteiger partial charge in [-0.25, -0.2) is 4.39 Å². The van der Waals surface area contributed by atoms with Crippen LogP contribution in [-0.2, 0) is 4.79 Å². The molecule has 17 heavy (non-hydrogen) atoms. The molecule has 0 aliphatic rings. The lowest BCUT2D eigenvalue weighted by atomic mass is 10.2. The van der Waals surface area contributed by atoms with Crippen LogP contribution in [0.25, 0.3) is 0 Å². The second-order valence-electron chi connectivity index (χ2n) is 4.08. The molecule has 0 atom stereocenters. The van der Waals surface area contributed by atoms with Crippen LogP contribution < -0.4 is 4.90 Å². The minimum atomic E-state index is -0.757. The molecule has 0 saturated heterocycles. The third kappa shape index (κ3) is 4.85. The first-order chi connectivity index (χ1) is 8.11. The maximum absolute atomic E-state index is 13.4. The number of aliphatic carboxylic acids is 1. The lowest BCUT2D eigenvalue weighted by Gasteiger charge is -2.19. The molecule has 1 aromatic rings. The van der Waals surface area contributed by atoms with Crippen molar-refractivity contribution in [2.75, 3.05) is 18.5 Å². The summed E-state index contributed by atoms with van der Waals surface area (Å²) in [7, 11) is 1.84. The minimum Gasteiger partial charge on any atom is -0.481 e. The molecular weight excluding hydrogens is 221 g/mol. The van der Waals surface area contributed by atoms with E-state index in [1.165, 1.54) is 6.07 Å². The molecule has 1 N–H and O–H groups in total. The summed E-state index contributed by atoms with van der Waals surface area (Å²) in [6.07, 6.45) is 2.62. The highest BCUT2D eigenvalue weighted by atomic mass is 19.1. The Kier molecular flexibility index (Phi) is 5.46.